The largest absolute Gasteiger partial charge is 0.324 e. The first-order valence-electron chi connectivity index (χ1n) is 4.08. The average molecular weight is 149 g/mol. The smallest absolute Gasteiger partial charge is 0.0266 e. The van der Waals surface area contributed by atoms with Gasteiger partial charge < -0.3 is 5.73 Å². The summed E-state index contributed by atoms with van der Waals surface area (Å²) in [5.74, 6) is 0. The standard InChI is InChI=1S/C10H15N/c1-3-9-4-6-10(7-5-9)8(2)11/h4-8H,3,11H2,1-2H3. The van der Waals surface area contributed by atoms with Crippen LogP contribution in [0.3, 0.4) is 0 Å². The predicted molar refractivity (Wildman–Crippen MR) is 48.4 cm³/mol. The molecule has 0 amide bonds. The number of benzene rings is 1. The van der Waals surface area contributed by atoms with Crippen LogP contribution < -0.4 is 5.73 Å². The van der Waals surface area contributed by atoms with Gasteiger partial charge in [0.2, 0.25) is 0 Å². The molecule has 2 N–H and O–H groups in total. The molecule has 0 saturated carbocycles. The number of hydrogen-bond donors (Lipinski definition) is 1. The van der Waals surface area contributed by atoms with Crippen molar-refractivity contribution in [3.8, 4) is 0 Å². The van der Waals surface area contributed by atoms with Crippen molar-refractivity contribution in [2.24, 2.45) is 5.73 Å². The molecule has 1 unspecified atom stereocenters. The normalized spacial score (nSPS) is 13.0. The van der Waals surface area contributed by atoms with Crippen molar-refractivity contribution in [3.05, 3.63) is 35.4 Å². The Kier molecular flexibility index (Phi) is 2.66. The number of aryl methyl sites for hydroxylation is 1. The molecule has 1 heteroatoms. The van der Waals surface area contributed by atoms with E-state index in [-0.39, 0.29) is 6.04 Å². The molecule has 0 fully saturated rings. The van der Waals surface area contributed by atoms with E-state index in [1.54, 1.807) is 0 Å². The highest BCUT2D eigenvalue weighted by molar-refractivity contribution is 5.24. The van der Waals surface area contributed by atoms with Crippen molar-refractivity contribution in [1.29, 1.82) is 0 Å². The van der Waals surface area contributed by atoms with Gasteiger partial charge in [-0.15, -0.1) is 0 Å². The third-order valence-electron chi connectivity index (χ3n) is 1.91. The van der Waals surface area contributed by atoms with E-state index in [2.05, 4.69) is 31.2 Å². The fourth-order valence-corrected chi connectivity index (χ4v) is 1.06. The lowest BCUT2D eigenvalue weighted by molar-refractivity contribution is 0.817. The van der Waals surface area contributed by atoms with Gasteiger partial charge >= 0.3 is 0 Å². The molecule has 1 atom stereocenters. The third kappa shape index (κ3) is 2.05. The summed E-state index contributed by atoms with van der Waals surface area (Å²) in [6.07, 6.45) is 1.10. The van der Waals surface area contributed by atoms with Crippen molar-refractivity contribution >= 4 is 0 Å². The lowest BCUT2D eigenvalue weighted by Crippen LogP contribution is -2.04. The minimum absolute atomic E-state index is 0.154. The van der Waals surface area contributed by atoms with Crippen molar-refractivity contribution in [1.82, 2.24) is 0 Å². The van der Waals surface area contributed by atoms with E-state index in [1.165, 1.54) is 11.1 Å². The fraction of sp³-hybridized carbons (Fsp3) is 0.400. The van der Waals surface area contributed by atoms with Crippen LogP contribution in [0.4, 0.5) is 0 Å². The highest BCUT2D eigenvalue weighted by Gasteiger charge is 1.96. The van der Waals surface area contributed by atoms with Gasteiger partial charge in [0.1, 0.15) is 0 Å². The van der Waals surface area contributed by atoms with Crippen LogP contribution in [0.2, 0.25) is 0 Å². The van der Waals surface area contributed by atoms with Gasteiger partial charge in [0.05, 0.1) is 0 Å². The van der Waals surface area contributed by atoms with E-state index in [9.17, 15) is 0 Å². The Morgan fingerprint density at radius 1 is 1.27 bits per heavy atom. The summed E-state index contributed by atoms with van der Waals surface area (Å²) in [5, 5.41) is 0. The molecule has 1 aromatic rings. The van der Waals surface area contributed by atoms with Crippen LogP contribution in [-0.4, -0.2) is 0 Å². The first-order chi connectivity index (χ1) is 5.24. The molecule has 0 aliphatic rings. The van der Waals surface area contributed by atoms with E-state index in [1.807, 2.05) is 6.92 Å². The lowest BCUT2D eigenvalue weighted by atomic mass is 10.1. The molecule has 0 aliphatic heterocycles. The van der Waals surface area contributed by atoms with Gasteiger partial charge in [0, 0.05) is 6.04 Å². The minimum Gasteiger partial charge on any atom is -0.324 e. The van der Waals surface area contributed by atoms with Gasteiger partial charge in [-0.1, -0.05) is 31.2 Å². The van der Waals surface area contributed by atoms with Gasteiger partial charge in [-0.25, -0.2) is 0 Å². The second-order valence-electron chi connectivity index (χ2n) is 2.88. The molecule has 0 radical (unpaired) electrons. The van der Waals surface area contributed by atoms with Crippen LogP contribution in [0.1, 0.15) is 31.0 Å². The summed E-state index contributed by atoms with van der Waals surface area (Å²) in [6, 6.07) is 8.63. The molecule has 1 rings (SSSR count). The summed E-state index contributed by atoms with van der Waals surface area (Å²) in [5.41, 5.74) is 8.29. The topological polar surface area (TPSA) is 26.0 Å². The molecule has 0 aliphatic carbocycles. The fourth-order valence-electron chi connectivity index (χ4n) is 1.06. The van der Waals surface area contributed by atoms with E-state index in [0.717, 1.165) is 6.42 Å². The summed E-state index contributed by atoms with van der Waals surface area (Å²) >= 11 is 0. The molecule has 0 saturated heterocycles. The monoisotopic (exact) mass is 149 g/mol. The van der Waals surface area contributed by atoms with Gasteiger partial charge in [-0.2, -0.15) is 0 Å². The molecular formula is C10H15N. The van der Waals surface area contributed by atoms with Gasteiger partial charge in [0.25, 0.3) is 0 Å². The zero-order valence-corrected chi connectivity index (χ0v) is 7.17. The Bertz CT molecular complexity index is 211. The first kappa shape index (κ1) is 8.28. The SMILES string of the molecule is CCc1ccc(C(C)N)cc1. The maximum atomic E-state index is 5.71. The predicted octanol–water partition coefficient (Wildman–Crippen LogP) is 2.27. The Labute approximate surface area is 68.2 Å². The number of rotatable bonds is 2. The molecule has 1 aromatic carbocycles. The molecule has 0 aromatic heterocycles. The van der Waals surface area contributed by atoms with Crippen LogP contribution in [0, 0.1) is 0 Å². The summed E-state index contributed by atoms with van der Waals surface area (Å²) in [7, 11) is 0. The lowest BCUT2D eigenvalue weighted by Gasteiger charge is -2.05. The van der Waals surface area contributed by atoms with Gasteiger partial charge in [-0.3, -0.25) is 0 Å². The van der Waals surface area contributed by atoms with Crippen LogP contribution in [-0.2, 0) is 6.42 Å². The Morgan fingerprint density at radius 2 is 1.82 bits per heavy atom. The average Bonchev–Trinajstić information content (AvgIpc) is 2.05. The summed E-state index contributed by atoms with van der Waals surface area (Å²) in [4.78, 5) is 0. The molecule has 0 heterocycles. The maximum absolute atomic E-state index is 5.71. The molecule has 60 valence electrons. The molecular weight excluding hydrogens is 134 g/mol. The highest BCUT2D eigenvalue weighted by atomic mass is 14.6. The van der Waals surface area contributed by atoms with Gasteiger partial charge in [0.15, 0.2) is 0 Å². The van der Waals surface area contributed by atoms with Crippen LogP contribution >= 0.6 is 0 Å². The zero-order chi connectivity index (χ0) is 8.27. The van der Waals surface area contributed by atoms with E-state index >= 15 is 0 Å². The van der Waals surface area contributed by atoms with Crippen LogP contribution in [0.5, 0.6) is 0 Å². The Hall–Kier alpha value is -0.820. The minimum atomic E-state index is 0.154. The molecule has 11 heavy (non-hydrogen) atoms. The quantitative estimate of drug-likeness (QED) is 0.685. The van der Waals surface area contributed by atoms with Crippen molar-refractivity contribution in [3.63, 3.8) is 0 Å². The first-order valence-corrected chi connectivity index (χ1v) is 4.08. The van der Waals surface area contributed by atoms with E-state index < -0.39 is 0 Å². The summed E-state index contributed by atoms with van der Waals surface area (Å²) < 4.78 is 0. The van der Waals surface area contributed by atoms with Crippen LogP contribution in [0.25, 0.3) is 0 Å². The summed E-state index contributed by atoms with van der Waals surface area (Å²) in [6.45, 7) is 4.15. The van der Waals surface area contributed by atoms with Crippen molar-refractivity contribution in [2.45, 2.75) is 26.3 Å². The molecule has 0 spiro atoms. The van der Waals surface area contributed by atoms with Gasteiger partial charge in [-0.05, 0) is 24.5 Å². The maximum Gasteiger partial charge on any atom is 0.0266 e. The third-order valence-corrected chi connectivity index (χ3v) is 1.91. The van der Waals surface area contributed by atoms with Crippen molar-refractivity contribution in [2.75, 3.05) is 0 Å². The van der Waals surface area contributed by atoms with Crippen LogP contribution in [0.15, 0.2) is 24.3 Å². The number of hydrogen-bond acceptors (Lipinski definition) is 1. The number of nitrogens with two attached hydrogens (primary N) is 1. The Balaban J connectivity index is 2.83. The van der Waals surface area contributed by atoms with E-state index in [0.29, 0.717) is 0 Å². The Morgan fingerprint density at radius 3 is 2.18 bits per heavy atom. The second-order valence-corrected chi connectivity index (χ2v) is 2.88. The van der Waals surface area contributed by atoms with Crippen molar-refractivity contribution < 1.29 is 0 Å². The molecule has 0 bridgehead atoms. The van der Waals surface area contributed by atoms with E-state index in [4.69, 9.17) is 5.73 Å². The second kappa shape index (κ2) is 3.54. The zero-order valence-electron chi connectivity index (χ0n) is 7.17. The highest BCUT2D eigenvalue weighted by Crippen LogP contribution is 2.10. The molecule has 1 nitrogen and oxygen atoms in total.